The molecule has 0 saturated carbocycles. The maximum atomic E-state index is 12.6. The predicted molar refractivity (Wildman–Crippen MR) is 352 cm³/mol. The van der Waals surface area contributed by atoms with Crippen LogP contribution in [0.15, 0.2) is 12.2 Å². The number of aliphatic hydroxyl groups is 2. The van der Waals surface area contributed by atoms with Crippen molar-refractivity contribution in [2.75, 3.05) is 13.2 Å². The van der Waals surface area contributed by atoms with Gasteiger partial charge in [-0.1, -0.05) is 373 Å². The third kappa shape index (κ3) is 65.7. The van der Waals surface area contributed by atoms with Gasteiger partial charge in [0.05, 0.1) is 25.4 Å². The van der Waals surface area contributed by atoms with Crippen LogP contribution in [0.5, 0.6) is 0 Å². The number of amides is 1. The van der Waals surface area contributed by atoms with Gasteiger partial charge in [0.15, 0.2) is 0 Å². The number of hydrogen-bond donors (Lipinski definition) is 3. The summed E-state index contributed by atoms with van der Waals surface area (Å²) in [5.41, 5.74) is 0. The topological polar surface area (TPSA) is 95.9 Å². The number of nitrogens with one attached hydrogen (secondary N) is 1. The lowest BCUT2D eigenvalue weighted by Gasteiger charge is -2.22. The molecule has 0 aliphatic heterocycles. The van der Waals surface area contributed by atoms with Crippen LogP contribution in [0.2, 0.25) is 0 Å². The fraction of sp³-hybridized carbons (Fsp3) is 0.946. The van der Waals surface area contributed by atoms with Crippen LogP contribution in [0.3, 0.4) is 0 Å². The Bertz CT molecular complexity index is 1210. The van der Waals surface area contributed by atoms with Crippen LogP contribution in [0, 0.1) is 0 Å². The SMILES string of the molecule is CCCCCCCCCCCCCCCCCCCCCCCCC(O)C(CO)NC(=O)CCCCCCCCCCCCCCCC/C=C\CCCCCCCCCCCCCCOC(=O)CCCCCCCCCCCCC. The highest BCUT2D eigenvalue weighted by molar-refractivity contribution is 5.76. The molecule has 0 aromatic rings. The standard InChI is InChI=1S/C74H145NO5/c1-3-5-7-9-11-13-15-16-17-18-19-20-31-34-37-40-43-47-50-54-58-62-66-72(77)71(70-76)75-73(78)67-63-59-55-51-48-44-41-38-35-32-29-27-25-23-21-22-24-26-28-30-33-36-39-42-45-49-53-57-61-65-69-80-74(79)68-64-60-56-52-46-14-12-10-8-6-4-2/h22,24,71-72,76-77H,3-21,23,25-70H2,1-2H3,(H,75,78)/b24-22-. The van der Waals surface area contributed by atoms with Crippen molar-refractivity contribution < 1.29 is 24.5 Å². The van der Waals surface area contributed by atoms with Crippen molar-refractivity contribution in [1.82, 2.24) is 5.32 Å². The first-order chi connectivity index (χ1) is 39.5. The van der Waals surface area contributed by atoms with Crippen LogP contribution in [0.1, 0.15) is 425 Å². The maximum Gasteiger partial charge on any atom is 0.305 e. The number of ether oxygens (including phenoxy) is 1. The van der Waals surface area contributed by atoms with Gasteiger partial charge in [0.25, 0.3) is 0 Å². The Labute approximate surface area is 501 Å². The van der Waals surface area contributed by atoms with E-state index in [1.165, 1.54) is 353 Å². The summed E-state index contributed by atoms with van der Waals surface area (Å²) in [4.78, 5) is 24.6. The van der Waals surface area contributed by atoms with Crippen LogP contribution < -0.4 is 5.32 Å². The average molecular weight is 1130 g/mol. The predicted octanol–water partition coefficient (Wildman–Crippen LogP) is 23.9. The van der Waals surface area contributed by atoms with Crippen molar-refractivity contribution in [3.05, 3.63) is 12.2 Å². The first-order valence-electron chi connectivity index (χ1n) is 36.9. The van der Waals surface area contributed by atoms with Crippen molar-refractivity contribution in [1.29, 1.82) is 0 Å². The Kier molecular flexibility index (Phi) is 68.9. The zero-order chi connectivity index (χ0) is 57.8. The van der Waals surface area contributed by atoms with E-state index in [4.69, 9.17) is 4.74 Å². The number of hydrogen-bond acceptors (Lipinski definition) is 5. The van der Waals surface area contributed by atoms with E-state index in [2.05, 4.69) is 31.3 Å². The highest BCUT2D eigenvalue weighted by Crippen LogP contribution is 2.20. The average Bonchev–Trinajstić information content (AvgIpc) is 3.46. The van der Waals surface area contributed by atoms with Crippen LogP contribution in [-0.4, -0.2) is 47.4 Å². The molecule has 0 aliphatic carbocycles. The molecule has 0 spiro atoms. The molecule has 0 radical (unpaired) electrons. The van der Waals surface area contributed by atoms with E-state index in [0.29, 0.717) is 25.9 Å². The summed E-state index contributed by atoms with van der Waals surface area (Å²) < 4.78 is 5.48. The Morgan fingerprint density at radius 3 is 0.887 bits per heavy atom. The minimum atomic E-state index is -0.664. The summed E-state index contributed by atoms with van der Waals surface area (Å²) in [5.74, 6) is -0.0102. The van der Waals surface area contributed by atoms with E-state index in [-0.39, 0.29) is 18.5 Å². The summed E-state index contributed by atoms with van der Waals surface area (Å²) >= 11 is 0. The number of carbonyl (C=O) groups excluding carboxylic acids is 2. The fourth-order valence-corrected chi connectivity index (χ4v) is 11.9. The number of esters is 1. The lowest BCUT2D eigenvalue weighted by molar-refractivity contribution is -0.143. The third-order valence-corrected chi connectivity index (χ3v) is 17.6. The van der Waals surface area contributed by atoms with Gasteiger partial charge in [-0.25, -0.2) is 0 Å². The first-order valence-corrected chi connectivity index (χ1v) is 36.9. The summed E-state index contributed by atoms with van der Waals surface area (Å²) in [6.45, 7) is 5.00. The molecule has 0 fully saturated rings. The molecule has 1 amide bonds. The lowest BCUT2D eigenvalue weighted by Crippen LogP contribution is -2.45. The van der Waals surface area contributed by atoms with Crippen molar-refractivity contribution in [3.63, 3.8) is 0 Å². The second-order valence-corrected chi connectivity index (χ2v) is 25.6. The van der Waals surface area contributed by atoms with Gasteiger partial charge in [-0.3, -0.25) is 9.59 Å². The number of unbranched alkanes of at least 4 members (excludes halogenated alkanes) is 57. The van der Waals surface area contributed by atoms with Gasteiger partial charge >= 0.3 is 5.97 Å². The molecule has 0 saturated heterocycles. The van der Waals surface area contributed by atoms with Crippen LogP contribution in [0.4, 0.5) is 0 Å². The normalized spacial score (nSPS) is 12.5. The maximum absolute atomic E-state index is 12.6. The molecule has 0 bridgehead atoms. The van der Waals surface area contributed by atoms with Gasteiger partial charge in [0.1, 0.15) is 0 Å². The van der Waals surface area contributed by atoms with Gasteiger partial charge in [-0.05, 0) is 51.4 Å². The Hall–Kier alpha value is -1.40. The van der Waals surface area contributed by atoms with Crippen LogP contribution in [-0.2, 0) is 14.3 Å². The Morgan fingerprint density at radius 1 is 0.338 bits per heavy atom. The molecule has 0 heterocycles. The molecule has 80 heavy (non-hydrogen) atoms. The quantitative estimate of drug-likeness (QED) is 0.0320. The van der Waals surface area contributed by atoms with Gasteiger partial charge in [-0.2, -0.15) is 0 Å². The Balaban J connectivity index is 3.37. The lowest BCUT2D eigenvalue weighted by atomic mass is 10.0. The summed E-state index contributed by atoms with van der Waals surface area (Å²) in [5, 5.41) is 23.4. The second-order valence-electron chi connectivity index (χ2n) is 25.6. The molecule has 6 heteroatoms. The van der Waals surface area contributed by atoms with E-state index in [0.717, 1.165) is 38.5 Å². The largest absolute Gasteiger partial charge is 0.466 e. The number of allylic oxidation sites excluding steroid dienone is 2. The molecular formula is C74H145NO5. The molecule has 0 rings (SSSR count). The first kappa shape index (κ1) is 78.6. The molecule has 3 N–H and O–H groups in total. The van der Waals surface area contributed by atoms with Crippen LogP contribution in [0.25, 0.3) is 0 Å². The van der Waals surface area contributed by atoms with Crippen LogP contribution >= 0.6 is 0 Å². The van der Waals surface area contributed by atoms with E-state index in [9.17, 15) is 19.8 Å². The highest BCUT2D eigenvalue weighted by Gasteiger charge is 2.20. The molecule has 2 unspecified atom stereocenters. The monoisotopic (exact) mass is 1130 g/mol. The van der Waals surface area contributed by atoms with E-state index in [1.54, 1.807) is 0 Å². The third-order valence-electron chi connectivity index (χ3n) is 17.6. The molecule has 6 nitrogen and oxygen atoms in total. The van der Waals surface area contributed by atoms with Crippen molar-refractivity contribution in [2.45, 2.75) is 437 Å². The van der Waals surface area contributed by atoms with E-state index < -0.39 is 12.1 Å². The molecular weight excluding hydrogens is 983 g/mol. The minimum absolute atomic E-state index is 0.0178. The fourth-order valence-electron chi connectivity index (χ4n) is 11.9. The van der Waals surface area contributed by atoms with Gasteiger partial charge in [0, 0.05) is 12.8 Å². The zero-order valence-corrected chi connectivity index (χ0v) is 54.6. The Morgan fingerprint density at radius 2 is 0.588 bits per heavy atom. The molecule has 0 aromatic carbocycles. The van der Waals surface area contributed by atoms with Gasteiger partial charge < -0.3 is 20.3 Å². The molecule has 2 atom stereocenters. The van der Waals surface area contributed by atoms with Crippen molar-refractivity contribution in [3.8, 4) is 0 Å². The molecule has 0 aromatic heterocycles. The zero-order valence-electron chi connectivity index (χ0n) is 54.6. The van der Waals surface area contributed by atoms with E-state index >= 15 is 0 Å². The number of aliphatic hydroxyl groups excluding tert-OH is 2. The number of rotatable bonds is 70. The number of carbonyl (C=O) groups is 2. The van der Waals surface area contributed by atoms with E-state index in [1.807, 2.05) is 0 Å². The second kappa shape index (κ2) is 70.1. The molecule has 476 valence electrons. The summed E-state index contributed by atoms with van der Waals surface area (Å²) in [6, 6.07) is -0.541. The van der Waals surface area contributed by atoms with Crippen molar-refractivity contribution in [2.24, 2.45) is 0 Å². The highest BCUT2D eigenvalue weighted by atomic mass is 16.5. The summed E-state index contributed by atoms with van der Waals surface area (Å²) in [7, 11) is 0. The van der Waals surface area contributed by atoms with Gasteiger partial charge in [-0.15, -0.1) is 0 Å². The molecule has 0 aliphatic rings. The van der Waals surface area contributed by atoms with Crippen molar-refractivity contribution >= 4 is 11.9 Å². The smallest absolute Gasteiger partial charge is 0.305 e. The summed E-state index contributed by atoms with van der Waals surface area (Å²) in [6.07, 6.45) is 87.1. The van der Waals surface area contributed by atoms with Gasteiger partial charge in [0.2, 0.25) is 5.91 Å². The minimum Gasteiger partial charge on any atom is -0.466 e.